The molecule has 304 valence electrons. The van der Waals surface area contributed by atoms with Crippen LogP contribution in [0.2, 0.25) is 0 Å². The Kier molecular flexibility index (Phi) is 17.0. The van der Waals surface area contributed by atoms with E-state index in [9.17, 15) is 14.4 Å². The summed E-state index contributed by atoms with van der Waals surface area (Å²) in [6.45, 7) is 10.4. The fourth-order valence-electron chi connectivity index (χ4n) is 6.16. The third-order valence-electron chi connectivity index (χ3n) is 9.61. The largest absolute Gasteiger partial charge is 0.494 e. The lowest BCUT2D eigenvalue weighted by molar-refractivity contribution is -0.150. The monoisotopic (exact) mass is 780 g/mol. The molecule has 1 saturated heterocycles. The summed E-state index contributed by atoms with van der Waals surface area (Å²) >= 11 is 0. The van der Waals surface area contributed by atoms with Gasteiger partial charge in [-0.15, -0.1) is 0 Å². The summed E-state index contributed by atoms with van der Waals surface area (Å²) in [7, 11) is 0. The second kappa shape index (κ2) is 22.5. The van der Waals surface area contributed by atoms with Gasteiger partial charge in [0.2, 0.25) is 0 Å². The minimum absolute atomic E-state index is 0.218. The zero-order chi connectivity index (χ0) is 40.3. The Labute approximate surface area is 336 Å². The Morgan fingerprint density at radius 2 is 1.02 bits per heavy atom. The number of benzene rings is 4. The van der Waals surface area contributed by atoms with Crippen molar-refractivity contribution in [2.75, 3.05) is 52.9 Å². The van der Waals surface area contributed by atoms with Crippen LogP contribution in [0.5, 0.6) is 11.5 Å². The summed E-state index contributed by atoms with van der Waals surface area (Å²) in [6.07, 6.45) is 5.71. The third kappa shape index (κ3) is 14.1. The van der Waals surface area contributed by atoms with Crippen molar-refractivity contribution in [3.05, 3.63) is 108 Å². The zero-order valence-corrected chi connectivity index (χ0v) is 33.5. The van der Waals surface area contributed by atoms with Crippen LogP contribution in [-0.4, -0.2) is 76.9 Å². The highest BCUT2D eigenvalue weighted by atomic mass is 16.6. The first-order valence-electron chi connectivity index (χ1n) is 20.1. The van der Waals surface area contributed by atoms with Gasteiger partial charge in [0.1, 0.15) is 11.5 Å². The maximum Gasteiger partial charge on any atom is 0.347 e. The number of rotatable bonds is 24. The molecule has 0 aromatic heterocycles. The summed E-state index contributed by atoms with van der Waals surface area (Å²) in [6, 6.07) is 30.0. The predicted octanol–water partition coefficient (Wildman–Crippen LogP) is 9.53. The topological polar surface area (TPSA) is 116 Å². The molecule has 0 spiro atoms. The van der Waals surface area contributed by atoms with E-state index in [1.54, 1.807) is 50.2 Å². The molecule has 5 rings (SSSR count). The van der Waals surface area contributed by atoms with Crippen molar-refractivity contribution < 1.29 is 47.5 Å². The van der Waals surface area contributed by atoms with E-state index in [1.807, 2.05) is 60.7 Å². The van der Waals surface area contributed by atoms with Gasteiger partial charge < -0.3 is 33.2 Å². The van der Waals surface area contributed by atoms with Crippen molar-refractivity contribution in [3.63, 3.8) is 0 Å². The van der Waals surface area contributed by atoms with Crippen molar-refractivity contribution in [1.82, 2.24) is 0 Å². The van der Waals surface area contributed by atoms with Gasteiger partial charge in [-0.1, -0.05) is 61.9 Å². The molecule has 0 unspecified atom stereocenters. The first kappa shape index (κ1) is 42.9. The van der Waals surface area contributed by atoms with Crippen LogP contribution in [0.4, 0.5) is 0 Å². The number of hydrogen-bond donors (Lipinski definition) is 0. The van der Waals surface area contributed by atoms with Crippen molar-refractivity contribution in [3.8, 4) is 33.8 Å². The molecule has 0 aliphatic carbocycles. The highest BCUT2D eigenvalue weighted by molar-refractivity contribution is 5.90. The van der Waals surface area contributed by atoms with E-state index >= 15 is 0 Å². The second-order valence-electron chi connectivity index (χ2n) is 14.7. The zero-order valence-electron chi connectivity index (χ0n) is 33.5. The van der Waals surface area contributed by atoms with Gasteiger partial charge in [0.05, 0.1) is 57.4 Å². The van der Waals surface area contributed by atoms with Gasteiger partial charge in [-0.3, -0.25) is 0 Å². The summed E-state index contributed by atoms with van der Waals surface area (Å²) in [5.41, 5.74) is 5.10. The molecule has 0 bridgehead atoms. The highest BCUT2D eigenvalue weighted by Crippen LogP contribution is 2.27. The summed E-state index contributed by atoms with van der Waals surface area (Å²) in [4.78, 5) is 37.0. The molecule has 1 atom stereocenters. The lowest BCUT2D eigenvalue weighted by Crippen LogP contribution is -2.43. The fourth-order valence-corrected chi connectivity index (χ4v) is 6.16. The minimum Gasteiger partial charge on any atom is -0.494 e. The SMILES string of the molecule is CCOC(=O)[C@@H](C)Oc1ccc(-c2ccc(C(=O)OCCCCCOC(=O)c3ccc(-c4ccc(OCCCCCCOCC5(C)COC5)cc4)cc3)cc2)cc1. The molecular weight excluding hydrogens is 725 g/mol. The van der Waals surface area contributed by atoms with E-state index in [0.717, 1.165) is 86.5 Å². The van der Waals surface area contributed by atoms with Crippen LogP contribution in [0, 0.1) is 5.41 Å². The lowest BCUT2D eigenvalue weighted by Gasteiger charge is -2.37. The number of carbonyl (C=O) groups excluding carboxylic acids is 3. The van der Waals surface area contributed by atoms with Crippen LogP contribution in [0.3, 0.4) is 0 Å². The number of esters is 3. The highest BCUT2D eigenvalue weighted by Gasteiger charge is 2.33. The molecule has 10 heteroatoms. The van der Waals surface area contributed by atoms with Gasteiger partial charge in [-0.05, 0) is 123 Å². The Balaban J connectivity index is 0.902. The standard InChI is InChI=1S/C47H56O10/c1-4-53-44(48)35(2)57-43-26-22-39(23-27-43)37-14-18-41(19-15-37)46(50)56-31-11-7-10-30-55-45(49)40-16-12-36(13-17-40)38-20-24-42(25-21-38)54-29-9-6-5-8-28-51-32-47(3)33-52-34-47/h12-27,35H,4-11,28-34H2,1-3H3/t35-/m1/s1. The Morgan fingerprint density at radius 3 is 1.49 bits per heavy atom. The number of hydrogen-bond acceptors (Lipinski definition) is 10. The van der Waals surface area contributed by atoms with Crippen LogP contribution in [-0.2, 0) is 28.5 Å². The van der Waals surface area contributed by atoms with Crippen LogP contribution in [0.1, 0.15) is 86.4 Å². The van der Waals surface area contributed by atoms with Gasteiger partial charge in [0.25, 0.3) is 0 Å². The number of carbonyl (C=O) groups is 3. The lowest BCUT2D eigenvalue weighted by atomic mass is 9.90. The maximum atomic E-state index is 12.6. The average Bonchev–Trinajstić information content (AvgIpc) is 3.22. The van der Waals surface area contributed by atoms with Gasteiger partial charge in [-0.25, -0.2) is 14.4 Å². The normalized spacial score (nSPS) is 13.5. The Bertz CT molecular complexity index is 1810. The molecule has 1 heterocycles. The molecular formula is C47H56O10. The van der Waals surface area contributed by atoms with E-state index in [4.69, 9.17) is 33.2 Å². The van der Waals surface area contributed by atoms with Crippen molar-refractivity contribution in [2.45, 2.75) is 71.8 Å². The van der Waals surface area contributed by atoms with E-state index in [-0.39, 0.29) is 24.0 Å². The first-order chi connectivity index (χ1) is 27.7. The third-order valence-corrected chi connectivity index (χ3v) is 9.61. The van der Waals surface area contributed by atoms with Gasteiger partial charge >= 0.3 is 17.9 Å². The van der Waals surface area contributed by atoms with Crippen molar-refractivity contribution >= 4 is 17.9 Å². The molecule has 0 saturated carbocycles. The average molecular weight is 781 g/mol. The van der Waals surface area contributed by atoms with Crippen molar-refractivity contribution in [2.24, 2.45) is 5.41 Å². The molecule has 4 aromatic carbocycles. The van der Waals surface area contributed by atoms with Gasteiger partial charge in [0, 0.05) is 12.0 Å². The maximum absolute atomic E-state index is 12.6. The Hall–Kier alpha value is -5.19. The minimum atomic E-state index is -0.699. The van der Waals surface area contributed by atoms with E-state index < -0.39 is 12.1 Å². The molecule has 1 aliphatic heterocycles. The van der Waals surface area contributed by atoms with E-state index in [0.29, 0.717) is 49.5 Å². The summed E-state index contributed by atoms with van der Waals surface area (Å²) in [5, 5.41) is 0. The second-order valence-corrected chi connectivity index (χ2v) is 14.7. The number of unbranched alkanes of at least 4 members (excludes halogenated alkanes) is 5. The smallest absolute Gasteiger partial charge is 0.347 e. The summed E-state index contributed by atoms with van der Waals surface area (Å²) < 4.78 is 38.5. The molecule has 4 aromatic rings. The molecule has 0 N–H and O–H groups in total. The molecule has 10 nitrogen and oxygen atoms in total. The van der Waals surface area contributed by atoms with Gasteiger partial charge in [-0.2, -0.15) is 0 Å². The molecule has 57 heavy (non-hydrogen) atoms. The predicted molar refractivity (Wildman–Crippen MR) is 219 cm³/mol. The number of ether oxygens (including phenoxy) is 7. The van der Waals surface area contributed by atoms with Gasteiger partial charge in [0.15, 0.2) is 6.10 Å². The fraction of sp³-hybridized carbons (Fsp3) is 0.426. The van der Waals surface area contributed by atoms with Crippen LogP contribution in [0.25, 0.3) is 22.3 Å². The van der Waals surface area contributed by atoms with Crippen LogP contribution >= 0.6 is 0 Å². The van der Waals surface area contributed by atoms with Crippen LogP contribution in [0.15, 0.2) is 97.1 Å². The molecule has 1 aliphatic rings. The van der Waals surface area contributed by atoms with E-state index in [1.165, 1.54) is 0 Å². The Morgan fingerprint density at radius 1 is 0.579 bits per heavy atom. The molecule has 0 amide bonds. The van der Waals surface area contributed by atoms with Crippen molar-refractivity contribution in [1.29, 1.82) is 0 Å². The molecule has 1 fully saturated rings. The first-order valence-corrected chi connectivity index (χ1v) is 20.1. The van der Waals surface area contributed by atoms with E-state index in [2.05, 4.69) is 6.92 Å². The summed E-state index contributed by atoms with van der Waals surface area (Å²) in [5.74, 6) is 0.250. The quantitative estimate of drug-likeness (QED) is 0.0387. The molecule has 0 radical (unpaired) electrons. The van der Waals surface area contributed by atoms with Crippen LogP contribution < -0.4 is 9.47 Å².